The van der Waals surface area contributed by atoms with E-state index in [4.69, 9.17) is 0 Å². The van der Waals surface area contributed by atoms with Gasteiger partial charge in [-0.25, -0.2) is 0 Å². The molecule has 0 unspecified atom stereocenters. The van der Waals surface area contributed by atoms with Crippen LogP contribution in [-0.4, -0.2) is 19.5 Å². The molecule has 0 aliphatic rings. The molecule has 2 heteroatoms. The van der Waals surface area contributed by atoms with E-state index in [1.54, 1.807) is 0 Å². The summed E-state index contributed by atoms with van der Waals surface area (Å²) in [7, 11) is 0. The fourth-order valence-electron chi connectivity index (χ4n) is 1.73. The molecule has 0 aliphatic carbocycles. The summed E-state index contributed by atoms with van der Waals surface area (Å²) in [4.78, 5) is 4.19. The van der Waals surface area contributed by atoms with Crippen molar-refractivity contribution in [2.24, 2.45) is 0 Å². The van der Waals surface area contributed by atoms with E-state index in [1.165, 1.54) is 24.9 Å². The van der Waals surface area contributed by atoms with Crippen LogP contribution < -0.4 is 0 Å². The van der Waals surface area contributed by atoms with E-state index in [-0.39, 0.29) is 0 Å². The zero-order chi connectivity index (χ0) is 9.54. The van der Waals surface area contributed by atoms with Crippen LogP contribution >= 0.6 is 0 Å². The first-order valence-electron chi connectivity index (χ1n) is 4.57. The molecule has 0 amide bonds. The van der Waals surface area contributed by atoms with Gasteiger partial charge >= 0.3 is 87.9 Å². The summed E-state index contributed by atoms with van der Waals surface area (Å²) >= 11 is 0.487. The van der Waals surface area contributed by atoms with Crippen molar-refractivity contribution in [3.8, 4) is 0 Å². The third-order valence-corrected chi connectivity index (χ3v) is 4.84. The van der Waals surface area contributed by atoms with Gasteiger partial charge in [0, 0.05) is 0 Å². The average molecular weight is 246 g/mol. The molecular formula is C12H9NSe. The second-order valence-electron chi connectivity index (χ2n) is 3.47. The quantitative estimate of drug-likeness (QED) is 0.556. The predicted molar refractivity (Wildman–Crippen MR) is 60.9 cm³/mol. The van der Waals surface area contributed by atoms with Gasteiger partial charge in [-0.15, -0.1) is 0 Å². The van der Waals surface area contributed by atoms with Crippen LogP contribution in [0.25, 0.3) is 19.3 Å². The molecule has 0 N–H and O–H groups in total. The molecule has 1 aromatic carbocycles. The van der Waals surface area contributed by atoms with Gasteiger partial charge in [0.2, 0.25) is 0 Å². The minimum atomic E-state index is 0.487. The zero-order valence-corrected chi connectivity index (χ0v) is 9.53. The van der Waals surface area contributed by atoms with Crippen LogP contribution in [0.3, 0.4) is 0 Å². The Labute approximate surface area is 88.1 Å². The van der Waals surface area contributed by atoms with Crippen molar-refractivity contribution in [3.05, 3.63) is 42.2 Å². The molecule has 0 fully saturated rings. The fraction of sp³-hybridized carbons (Fsp3) is 0.0833. The van der Waals surface area contributed by atoms with Gasteiger partial charge < -0.3 is 0 Å². The van der Waals surface area contributed by atoms with Gasteiger partial charge in [-0.05, 0) is 0 Å². The zero-order valence-electron chi connectivity index (χ0n) is 7.82. The molecule has 1 nitrogen and oxygen atoms in total. The van der Waals surface area contributed by atoms with E-state index >= 15 is 0 Å². The topological polar surface area (TPSA) is 12.9 Å². The molecule has 0 spiro atoms. The summed E-state index contributed by atoms with van der Waals surface area (Å²) in [6, 6.07) is 8.86. The average Bonchev–Trinajstić information content (AvgIpc) is 2.56. The van der Waals surface area contributed by atoms with Crippen molar-refractivity contribution in [1.82, 2.24) is 4.98 Å². The second-order valence-corrected chi connectivity index (χ2v) is 5.75. The molecule has 0 saturated carbocycles. The van der Waals surface area contributed by atoms with E-state index < -0.39 is 0 Å². The monoisotopic (exact) mass is 247 g/mol. The maximum atomic E-state index is 4.19. The number of benzene rings is 1. The van der Waals surface area contributed by atoms with Crippen LogP contribution in [0.15, 0.2) is 36.7 Å². The summed E-state index contributed by atoms with van der Waals surface area (Å²) in [6.07, 6.45) is 3.88. The summed E-state index contributed by atoms with van der Waals surface area (Å²) in [5.74, 6) is 0. The fourth-order valence-corrected chi connectivity index (χ4v) is 3.94. The number of aromatic nitrogens is 1. The van der Waals surface area contributed by atoms with Crippen molar-refractivity contribution in [2.75, 3.05) is 0 Å². The van der Waals surface area contributed by atoms with Crippen molar-refractivity contribution in [1.29, 1.82) is 0 Å². The molecule has 0 aliphatic heterocycles. The predicted octanol–water partition coefficient (Wildman–Crippen LogP) is 2.75. The Morgan fingerprint density at radius 1 is 1.07 bits per heavy atom. The van der Waals surface area contributed by atoms with Gasteiger partial charge in [0.15, 0.2) is 0 Å². The molecule has 68 valence electrons. The van der Waals surface area contributed by atoms with E-state index in [2.05, 4.69) is 36.2 Å². The number of pyridine rings is 1. The molecular weight excluding hydrogens is 237 g/mol. The Morgan fingerprint density at radius 2 is 1.93 bits per heavy atom. The molecule has 0 atom stereocenters. The van der Waals surface area contributed by atoms with Crippen LogP contribution in [0.1, 0.15) is 5.56 Å². The minimum absolute atomic E-state index is 0.487. The number of hydrogen-bond donors (Lipinski definition) is 0. The molecule has 0 saturated heterocycles. The first kappa shape index (κ1) is 8.22. The Morgan fingerprint density at radius 3 is 2.86 bits per heavy atom. The van der Waals surface area contributed by atoms with E-state index in [9.17, 15) is 0 Å². The first-order chi connectivity index (χ1) is 6.84. The summed E-state index contributed by atoms with van der Waals surface area (Å²) < 4.78 is 2.96. The number of nitrogens with zero attached hydrogens (tertiary/aromatic N) is 1. The van der Waals surface area contributed by atoms with Gasteiger partial charge in [-0.1, -0.05) is 0 Å². The van der Waals surface area contributed by atoms with Gasteiger partial charge in [-0.3, -0.25) is 0 Å². The third-order valence-electron chi connectivity index (χ3n) is 2.43. The SMILES string of the molecule is Cc1ccc2[se]c3ccncc3c2c1. The molecule has 2 heterocycles. The molecule has 3 rings (SSSR count). The first-order valence-corrected chi connectivity index (χ1v) is 6.29. The maximum absolute atomic E-state index is 4.19. The van der Waals surface area contributed by atoms with Crippen molar-refractivity contribution in [3.63, 3.8) is 0 Å². The standard InChI is InChI=1S/C12H9NSe/c1-8-2-3-11-9(6-8)10-7-13-5-4-12(10)14-11/h2-7H,1H3. The van der Waals surface area contributed by atoms with Crippen molar-refractivity contribution < 1.29 is 0 Å². The van der Waals surface area contributed by atoms with E-state index in [0.29, 0.717) is 14.5 Å². The number of hydrogen-bond acceptors (Lipinski definition) is 1. The normalized spacial score (nSPS) is 11.2. The summed E-state index contributed by atoms with van der Waals surface area (Å²) in [6.45, 7) is 2.14. The van der Waals surface area contributed by atoms with Gasteiger partial charge in [0.05, 0.1) is 0 Å². The molecule has 3 aromatic rings. The van der Waals surface area contributed by atoms with Gasteiger partial charge in [0.25, 0.3) is 0 Å². The second kappa shape index (κ2) is 2.94. The summed E-state index contributed by atoms with van der Waals surface area (Å²) in [5.41, 5.74) is 1.33. The number of fused-ring (bicyclic) bond motifs is 3. The Balaban J connectivity index is 2.58. The van der Waals surface area contributed by atoms with Crippen molar-refractivity contribution >= 4 is 33.8 Å². The molecule has 0 radical (unpaired) electrons. The van der Waals surface area contributed by atoms with Crippen molar-refractivity contribution in [2.45, 2.75) is 6.92 Å². The Kier molecular flexibility index (Phi) is 1.73. The van der Waals surface area contributed by atoms with Crippen LogP contribution in [0, 0.1) is 6.92 Å². The number of rotatable bonds is 0. The van der Waals surface area contributed by atoms with Gasteiger partial charge in [-0.2, -0.15) is 0 Å². The van der Waals surface area contributed by atoms with E-state index in [1.807, 2.05) is 12.4 Å². The molecule has 2 aromatic heterocycles. The molecule has 0 bridgehead atoms. The Hall–Kier alpha value is -1.11. The third kappa shape index (κ3) is 1.12. The Bertz CT molecular complexity index is 610. The van der Waals surface area contributed by atoms with Crippen LogP contribution in [0.4, 0.5) is 0 Å². The van der Waals surface area contributed by atoms with Gasteiger partial charge in [0.1, 0.15) is 0 Å². The van der Waals surface area contributed by atoms with Crippen LogP contribution in [0.2, 0.25) is 0 Å². The van der Waals surface area contributed by atoms with E-state index in [0.717, 1.165) is 0 Å². The molecule has 14 heavy (non-hydrogen) atoms. The number of aryl methyl sites for hydroxylation is 1. The summed E-state index contributed by atoms with van der Waals surface area (Å²) in [5, 5.41) is 2.74. The van der Waals surface area contributed by atoms with Crippen LogP contribution in [-0.2, 0) is 0 Å². The van der Waals surface area contributed by atoms with Crippen LogP contribution in [0.5, 0.6) is 0 Å².